The zero-order chi connectivity index (χ0) is 11.5. The number of hydrogen-bond donors (Lipinski definition) is 1. The highest BCUT2D eigenvalue weighted by atomic mass is 32.2. The Hall–Kier alpha value is -2.03. The van der Waals surface area contributed by atoms with E-state index in [1.165, 1.54) is 4.83 Å². The zero-order valence-corrected chi connectivity index (χ0v) is 7.97. The standard InChI is InChI=1S/C6H5N3O5S/c10-7-8-15(13,14)6-3-1-5(2-4-6)9(11)12/h1-4H,(H,8,10). The summed E-state index contributed by atoms with van der Waals surface area (Å²) >= 11 is 0. The first-order chi connectivity index (χ1) is 6.97. The number of nitro groups is 1. The number of non-ortho nitro benzene ring substituents is 1. The van der Waals surface area contributed by atoms with Crippen LogP contribution in [-0.4, -0.2) is 13.3 Å². The Morgan fingerprint density at radius 2 is 1.80 bits per heavy atom. The molecule has 0 saturated carbocycles. The fourth-order valence-electron chi connectivity index (χ4n) is 0.849. The molecule has 80 valence electrons. The smallest absolute Gasteiger partial charge is 0.258 e. The first-order valence-corrected chi connectivity index (χ1v) is 5.04. The van der Waals surface area contributed by atoms with Crippen LogP contribution in [0, 0.1) is 15.0 Å². The molecule has 1 rings (SSSR count). The molecule has 9 heteroatoms. The predicted molar refractivity (Wildman–Crippen MR) is 49.2 cm³/mol. The van der Waals surface area contributed by atoms with Gasteiger partial charge in [0, 0.05) is 12.1 Å². The molecule has 0 heterocycles. The van der Waals surface area contributed by atoms with E-state index in [2.05, 4.69) is 0 Å². The summed E-state index contributed by atoms with van der Waals surface area (Å²) in [6, 6.07) is 4.04. The Labute approximate surface area is 84.1 Å². The normalized spacial score (nSPS) is 10.7. The van der Waals surface area contributed by atoms with Crippen molar-refractivity contribution in [3.8, 4) is 0 Å². The molecule has 1 N–H and O–H groups in total. The Balaban J connectivity index is 3.09. The minimum Gasteiger partial charge on any atom is -0.258 e. The molecule has 0 atom stereocenters. The summed E-state index contributed by atoms with van der Waals surface area (Å²) in [5.74, 6) is 0. The van der Waals surface area contributed by atoms with Gasteiger partial charge >= 0.3 is 0 Å². The van der Waals surface area contributed by atoms with Gasteiger partial charge in [0.25, 0.3) is 15.7 Å². The monoisotopic (exact) mass is 231 g/mol. The summed E-state index contributed by atoms with van der Waals surface area (Å²) in [5, 5.41) is 12.3. The number of nitrogens with zero attached hydrogens (tertiary/aromatic N) is 2. The highest BCUT2D eigenvalue weighted by Crippen LogP contribution is 2.15. The molecule has 1 aromatic carbocycles. The molecule has 8 nitrogen and oxygen atoms in total. The molecule has 0 aliphatic heterocycles. The number of benzene rings is 1. The van der Waals surface area contributed by atoms with E-state index in [1.807, 2.05) is 5.29 Å². The largest absolute Gasteiger partial charge is 0.279 e. The van der Waals surface area contributed by atoms with E-state index in [9.17, 15) is 23.4 Å². The first kappa shape index (κ1) is 11.0. The minimum absolute atomic E-state index is 0.243. The van der Waals surface area contributed by atoms with Crippen LogP contribution in [0.15, 0.2) is 34.4 Å². The molecular weight excluding hydrogens is 226 g/mol. The van der Waals surface area contributed by atoms with E-state index in [0.29, 0.717) is 0 Å². The number of rotatable bonds is 4. The minimum atomic E-state index is -4.00. The second-order valence-electron chi connectivity index (χ2n) is 2.44. The second kappa shape index (κ2) is 4.00. The molecular formula is C6H5N3O5S. The molecule has 0 unspecified atom stereocenters. The Bertz CT molecular complexity index is 480. The molecule has 0 amide bonds. The van der Waals surface area contributed by atoms with Gasteiger partial charge in [0.2, 0.25) is 0 Å². The molecule has 0 aliphatic carbocycles. The van der Waals surface area contributed by atoms with Crippen molar-refractivity contribution in [3.63, 3.8) is 0 Å². The van der Waals surface area contributed by atoms with Crippen molar-refractivity contribution in [1.82, 2.24) is 4.83 Å². The molecule has 1 aromatic rings. The number of sulfonamides is 1. The van der Waals surface area contributed by atoms with Crippen LogP contribution in [0.2, 0.25) is 0 Å². The molecule has 0 fully saturated rings. The van der Waals surface area contributed by atoms with Crippen LogP contribution in [0.1, 0.15) is 0 Å². The van der Waals surface area contributed by atoms with Gasteiger partial charge in [-0.2, -0.15) is 13.2 Å². The lowest BCUT2D eigenvalue weighted by Gasteiger charge is -1.99. The van der Waals surface area contributed by atoms with Crippen LogP contribution >= 0.6 is 0 Å². The van der Waals surface area contributed by atoms with E-state index < -0.39 is 14.9 Å². The fourth-order valence-corrected chi connectivity index (χ4v) is 1.55. The summed E-state index contributed by atoms with van der Waals surface area (Å²) in [5.41, 5.74) is -0.243. The summed E-state index contributed by atoms with van der Waals surface area (Å²) in [6.07, 6.45) is 0. The molecule has 0 aromatic heterocycles. The quantitative estimate of drug-likeness (QED) is 0.461. The second-order valence-corrected chi connectivity index (χ2v) is 4.10. The Morgan fingerprint density at radius 3 is 2.20 bits per heavy atom. The van der Waals surface area contributed by atoms with Gasteiger partial charge in [-0.25, -0.2) is 0 Å². The third-order valence-corrected chi connectivity index (χ3v) is 2.72. The molecule has 0 aliphatic rings. The number of nitro benzene ring substituents is 1. The number of nitroso groups, excluding NO2 is 1. The summed E-state index contributed by atoms with van der Waals surface area (Å²) in [4.78, 5) is 20.4. The van der Waals surface area contributed by atoms with E-state index in [4.69, 9.17) is 0 Å². The average molecular weight is 231 g/mol. The summed E-state index contributed by atoms with van der Waals surface area (Å²) in [7, 11) is -4.00. The van der Waals surface area contributed by atoms with Crippen LogP contribution in [0.3, 0.4) is 0 Å². The van der Waals surface area contributed by atoms with Crippen molar-refractivity contribution < 1.29 is 13.3 Å². The first-order valence-electron chi connectivity index (χ1n) is 3.56. The van der Waals surface area contributed by atoms with Crippen molar-refractivity contribution in [2.45, 2.75) is 4.90 Å². The Morgan fingerprint density at radius 1 is 1.27 bits per heavy atom. The van der Waals surface area contributed by atoms with E-state index in [0.717, 1.165) is 24.3 Å². The van der Waals surface area contributed by atoms with Gasteiger partial charge in [-0.05, 0) is 12.1 Å². The van der Waals surface area contributed by atoms with Gasteiger partial charge in [0.1, 0.15) is 0 Å². The zero-order valence-electron chi connectivity index (χ0n) is 7.15. The maximum atomic E-state index is 11.1. The Kier molecular flexibility index (Phi) is 2.95. The van der Waals surface area contributed by atoms with Crippen molar-refractivity contribution in [2.24, 2.45) is 5.29 Å². The maximum Gasteiger partial charge on any atom is 0.279 e. The van der Waals surface area contributed by atoms with Gasteiger partial charge in [0.05, 0.1) is 15.1 Å². The number of nitrogens with one attached hydrogen (secondary N) is 1. The molecule has 15 heavy (non-hydrogen) atoms. The third-order valence-electron chi connectivity index (χ3n) is 1.52. The maximum absolute atomic E-state index is 11.1. The van der Waals surface area contributed by atoms with Crippen LogP contribution in [0.25, 0.3) is 0 Å². The van der Waals surface area contributed by atoms with Gasteiger partial charge in [-0.15, -0.1) is 4.91 Å². The lowest BCUT2D eigenvalue weighted by Crippen LogP contribution is -2.17. The van der Waals surface area contributed by atoms with E-state index in [-0.39, 0.29) is 10.6 Å². The molecule has 0 bridgehead atoms. The lowest BCUT2D eigenvalue weighted by molar-refractivity contribution is -0.384. The van der Waals surface area contributed by atoms with Crippen molar-refractivity contribution >= 4 is 15.7 Å². The average Bonchev–Trinajstić information content (AvgIpc) is 2.18. The highest BCUT2D eigenvalue weighted by molar-refractivity contribution is 7.89. The fraction of sp³-hybridized carbons (Fsp3) is 0. The van der Waals surface area contributed by atoms with Crippen LogP contribution in [0.5, 0.6) is 0 Å². The summed E-state index contributed by atoms with van der Waals surface area (Å²) in [6.45, 7) is 0. The van der Waals surface area contributed by atoms with Crippen molar-refractivity contribution in [3.05, 3.63) is 39.3 Å². The van der Waals surface area contributed by atoms with E-state index in [1.54, 1.807) is 0 Å². The summed E-state index contributed by atoms with van der Waals surface area (Å²) < 4.78 is 22.3. The van der Waals surface area contributed by atoms with Gasteiger partial charge in [-0.1, -0.05) is 0 Å². The lowest BCUT2D eigenvalue weighted by atomic mass is 10.3. The third kappa shape index (κ3) is 2.47. The highest BCUT2D eigenvalue weighted by Gasteiger charge is 2.15. The molecule has 0 radical (unpaired) electrons. The van der Waals surface area contributed by atoms with Crippen LogP contribution in [-0.2, 0) is 10.0 Å². The topological polar surface area (TPSA) is 119 Å². The van der Waals surface area contributed by atoms with Gasteiger partial charge < -0.3 is 0 Å². The van der Waals surface area contributed by atoms with Crippen molar-refractivity contribution in [2.75, 3.05) is 0 Å². The molecule has 0 spiro atoms. The number of hydrogen-bond acceptors (Lipinski definition) is 6. The van der Waals surface area contributed by atoms with Crippen LogP contribution < -0.4 is 4.83 Å². The SMILES string of the molecule is O=NNS(=O)(=O)c1ccc([N+](=O)[O-])cc1. The van der Waals surface area contributed by atoms with Gasteiger partial charge in [0.15, 0.2) is 0 Å². The van der Waals surface area contributed by atoms with E-state index >= 15 is 0 Å². The van der Waals surface area contributed by atoms with Crippen molar-refractivity contribution in [1.29, 1.82) is 0 Å². The van der Waals surface area contributed by atoms with Gasteiger partial charge in [-0.3, -0.25) is 10.1 Å². The predicted octanol–water partition coefficient (Wildman–Crippen LogP) is 0.554. The van der Waals surface area contributed by atoms with Crippen LogP contribution in [0.4, 0.5) is 5.69 Å². The molecule has 0 saturated heterocycles.